The maximum atomic E-state index is 12.4. The highest BCUT2D eigenvalue weighted by molar-refractivity contribution is 6.28. The normalized spacial score (nSPS) is 10.5. The van der Waals surface area contributed by atoms with Gasteiger partial charge in [-0.15, -0.1) is 0 Å². The summed E-state index contributed by atoms with van der Waals surface area (Å²) in [5.74, 6) is -0.591. The van der Waals surface area contributed by atoms with Crippen LogP contribution in [0.4, 0.5) is 8.78 Å². The number of rotatable bonds is 12. The van der Waals surface area contributed by atoms with E-state index in [1.165, 1.54) is 50.7 Å². The van der Waals surface area contributed by atoms with Gasteiger partial charge in [0, 0.05) is 33.6 Å². The number of aromatic nitrogens is 2. The third-order valence-electron chi connectivity index (χ3n) is 6.78. The van der Waals surface area contributed by atoms with Gasteiger partial charge in [-0.2, -0.15) is 0 Å². The van der Waals surface area contributed by atoms with Crippen molar-refractivity contribution in [2.75, 3.05) is 19.8 Å². The molecule has 0 N–H and O–H groups in total. The minimum Gasteiger partial charge on any atom is -0.871 e. The fourth-order valence-corrected chi connectivity index (χ4v) is 4.93. The van der Waals surface area contributed by atoms with E-state index in [1.807, 2.05) is 68.4 Å². The topological polar surface area (TPSA) is 81.6 Å². The van der Waals surface area contributed by atoms with Crippen LogP contribution in [0.1, 0.15) is 43.4 Å². The smallest absolute Gasteiger partial charge is 0.257 e. The highest BCUT2D eigenvalue weighted by atomic mass is 19.1. The first-order chi connectivity index (χ1) is 22.4. The number of benzene rings is 3. The fraction of sp³-hybridized carbons (Fsp3) is 0.222. The molecule has 0 radical (unpaired) electrons. The molecule has 5 aromatic rings. The SMILES string of the molecule is CCO[n+]1cccc(F)c1.CCO[n+]1cccc(F)c1.[O-]B([O-])OCCCC(c1ccccc1)(c1ccccc1)c1ccccc1. The molecule has 0 aliphatic rings. The van der Waals surface area contributed by atoms with Crippen LogP contribution in [-0.2, 0) is 10.1 Å². The highest BCUT2D eigenvalue weighted by Gasteiger charge is 2.35. The van der Waals surface area contributed by atoms with Crippen LogP contribution in [0.25, 0.3) is 0 Å². The molecule has 0 atom stereocenters. The second-order valence-electron chi connectivity index (χ2n) is 9.87. The zero-order chi connectivity index (χ0) is 33.0. The summed E-state index contributed by atoms with van der Waals surface area (Å²) in [7, 11) is -2.23. The average molecular weight is 629 g/mol. The standard InChI is InChI=1S/C22H21BO3.2C7H9FNO/c24-23(25)26-18-10-17-22(19-11-4-1-5-12-19,20-13-6-2-7-14-20)21-15-8-3-9-16-21;2*1-2-10-9-5-3-4-7(8)6-9/h1-9,11-16H,10,17-18H2;2*3-6H,2H2,1H3/q-2;2*+1. The maximum Gasteiger partial charge on any atom is 0.257 e. The molecule has 0 amide bonds. The van der Waals surface area contributed by atoms with Gasteiger partial charge in [-0.1, -0.05) is 91.0 Å². The van der Waals surface area contributed by atoms with Crippen molar-refractivity contribution in [3.8, 4) is 0 Å². The Labute approximate surface area is 270 Å². The predicted octanol–water partition coefficient (Wildman–Crippen LogP) is 3.65. The minimum absolute atomic E-state index is 0.159. The Hall–Kier alpha value is -4.64. The third kappa shape index (κ3) is 11.4. The van der Waals surface area contributed by atoms with Crippen molar-refractivity contribution < 1.29 is 42.6 Å². The lowest BCUT2D eigenvalue weighted by atomic mass is 9.67. The molecule has 7 nitrogen and oxygen atoms in total. The molecule has 5 rings (SSSR count). The van der Waals surface area contributed by atoms with Crippen LogP contribution in [0.15, 0.2) is 140 Å². The molecule has 0 saturated carbocycles. The number of hydrogen-bond acceptors (Lipinski definition) is 5. The first-order valence-electron chi connectivity index (χ1n) is 15.1. The quantitative estimate of drug-likeness (QED) is 0.0913. The van der Waals surface area contributed by atoms with E-state index in [2.05, 4.69) is 36.4 Å². The van der Waals surface area contributed by atoms with E-state index < -0.39 is 7.32 Å². The van der Waals surface area contributed by atoms with Crippen molar-refractivity contribution in [3.05, 3.63) is 168 Å². The Morgan fingerprint density at radius 3 is 1.33 bits per heavy atom. The van der Waals surface area contributed by atoms with Gasteiger partial charge in [-0.25, -0.2) is 8.78 Å². The van der Waals surface area contributed by atoms with Crippen molar-refractivity contribution in [2.45, 2.75) is 32.1 Å². The summed E-state index contributed by atoms with van der Waals surface area (Å²) in [4.78, 5) is 9.93. The summed E-state index contributed by atoms with van der Waals surface area (Å²) in [6.07, 6.45) is 7.20. The van der Waals surface area contributed by atoms with Gasteiger partial charge in [0.05, 0.1) is 7.32 Å². The Morgan fingerprint density at radius 2 is 1.00 bits per heavy atom. The van der Waals surface area contributed by atoms with E-state index in [9.17, 15) is 18.8 Å². The summed E-state index contributed by atoms with van der Waals surface area (Å²) in [5, 5.41) is 21.4. The largest absolute Gasteiger partial charge is 0.871 e. The summed E-state index contributed by atoms with van der Waals surface area (Å²) in [5.41, 5.74) is 3.17. The van der Waals surface area contributed by atoms with Crippen LogP contribution in [0.2, 0.25) is 0 Å². The molecule has 240 valence electrons. The summed E-state index contributed by atoms with van der Waals surface area (Å²) >= 11 is 0. The van der Waals surface area contributed by atoms with Crippen molar-refractivity contribution in [1.82, 2.24) is 0 Å². The first kappa shape index (κ1) is 35.8. The van der Waals surface area contributed by atoms with Crippen LogP contribution < -0.4 is 29.2 Å². The van der Waals surface area contributed by atoms with Gasteiger partial charge in [-0.3, -0.25) is 9.68 Å². The van der Waals surface area contributed by atoms with Crippen molar-refractivity contribution in [3.63, 3.8) is 0 Å². The molecule has 0 saturated heterocycles. The third-order valence-corrected chi connectivity index (χ3v) is 6.78. The van der Waals surface area contributed by atoms with Gasteiger partial charge in [0.1, 0.15) is 0 Å². The van der Waals surface area contributed by atoms with Crippen molar-refractivity contribution >= 4 is 7.32 Å². The lowest BCUT2D eigenvalue weighted by Gasteiger charge is -2.37. The zero-order valence-electron chi connectivity index (χ0n) is 26.1. The van der Waals surface area contributed by atoms with E-state index in [0.717, 1.165) is 6.42 Å². The Balaban J connectivity index is 0.000000235. The van der Waals surface area contributed by atoms with E-state index in [-0.39, 0.29) is 23.7 Å². The van der Waals surface area contributed by atoms with Gasteiger partial charge < -0.3 is 14.7 Å². The van der Waals surface area contributed by atoms with Crippen LogP contribution in [0.3, 0.4) is 0 Å². The number of nitrogens with zero attached hydrogens (tertiary/aromatic N) is 2. The lowest BCUT2D eigenvalue weighted by molar-refractivity contribution is -0.891. The molecule has 46 heavy (non-hydrogen) atoms. The van der Waals surface area contributed by atoms with Crippen LogP contribution in [0, 0.1) is 11.6 Å². The molecule has 10 heteroatoms. The number of pyridine rings is 2. The van der Waals surface area contributed by atoms with Gasteiger partial charge >= 0.3 is 0 Å². The Bertz CT molecular complexity index is 1390. The molecule has 2 heterocycles. The Kier molecular flexibility index (Phi) is 15.3. The summed E-state index contributed by atoms with van der Waals surface area (Å²) in [6.45, 7) is 4.92. The molecule has 2 aromatic heterocycles. The molecule has 0 aliphatic heterocycles. The van der Waals surface area contributed by atoms with Crippen molar-refractivity contribution in [1.29, 1.82) is 0 Å². The molecule has 3 aromatic carbocycles. The van der Waals surface area contributed by atoms with Gasteiger partial charge in [-0.05, 0) is 55.5 Å². The van der Waals surface area contributed by atoms with Crippen LogP contribution in [0.5, 0.6) is 0 Å². The zero-order valence-corrected chi connectivity index (χ0v) is 26.1. The molecular weight excluding hydrogens is 589 g/mol. The molecular formula is C36H39BF2N2O5. The van der Waals surface area contributed by atoms with Gasteiger partial charge in [0.2, 0.25) is 12.4 Å². The molecule has 0 unspecified atom stereocenters. The molecule has 0 bridgehead atoms. The summed E-state index contributed by atoms with van der Waals surface area (Å²) < 4.78 is 32.2. The van der Waals surface area contributed by atoms with Crippen LogP contribution >= 0.6 is 0 Å². The van der Waals surface area contributed by atoms with E-state index in [1.54, 1.807) is 24.5 Å². The van der Waals surface area contributed by atoms with Gasteiger partial charge in [0.15, 0.2) is 24.8 Å². The Morgan fingerprint density at radius 1 is 0.609 bits per heavy atom. The van der Waals surface area contributed by atoms with Crippen LogP contribution in [-0.4, -0.2) is 27.1 Å². The monoisotopic (exact) mass is 628 g/mol. The fourth-order valence-electron chi connectivity index (χ4n) is 4.93. The number of hydrogen-bond donors (Lipinski definition) is 0. The second kappa shape index (κ2) is 19.7. The lowest BCUT2D eigenvalue weighted by Crippen LogP contribution is -2.48. The first-order valence-corrected chi connectivity index (χ1v) is 15.1. The molecule has 0 fully saturated rings. The van der Waals surface area contributed by atoms with Crippen molar-refractivity contribution in [2.24, 2.45) is 0 Å². The minimum atomic E-state index is -2.23. The van der Waals surface area contributed by atoms with E-state index in [4.69, 9.17) is 14.3 Å². The summed E-state index contributed by atoms with van der Waals surface area (Å²) in [6, 6.07) is 37.0. The molecule has 0 aliphatic carbocycles. The number of halogens is 2. The second-order valence-corrected chi connectivity index (χ2v) is 9.87. The van der Waals surface area contributed by atoms with Gasteiger partial charge in [0.25, 0.3) is 12.4 Å². The van der Waals surface area contributed by atoms with E-state index >= 15 is 0 Å². The maximum absolute atomic E-state index is 12.4. The highest BCUT2D eigenvalue weighted by Crippen LogP contribution is 2.42. The van der Waals surface area contributed by atoms with E-state index in [0.29, 0.717) is 19.6 Å². The average Bonchev–Trinajstić information content (AvgIpc) is 3.07. The predicted molar refractivity (Wildman–Crippen MR) is 168 cm³/mol. The molecule has 0 spiro atoms.